The van der Waals surface area contributed by atoms with Crippen LogP contribution in [0, 0.1) is 26.6 Å². The molecule has 0 aliphatic heterocycles. The molecule has 0 aromatic heterocycles. The van der Waals surface area contributed by atoms with E-state index in [1.54, 1.807) is 18.2 Å². The van der Waals surface area contributed by atoms with Crippen LogP contribution in [0.25, 0.3) is 0 Å². The summed E-state index contributed by atoms with van der Waals surface area (Å²) in [6, 6.07) is 10.6. The second kappa shape index (κ2) is 6.01. The smallest absolute Gasteiger partial charge is 0.175 e. The summed E-state index contributed by atoms with van der Waals surface area (Å²) in [7, 11) is 0. The third-order valence-corrected chi connectivity index (χ3v) is 3.24. The highest BCUT2D eigenvalue weighted by Crippen LogP contribution is 2.22. The molecule has 4 heteroatoms. The van der Waals surface area contributed by atoms with Crippen LogP contribution in [0.15, 0.2) is 36.4 Å². The van der Waals surface area contributed by atoms with Crippen molar-refractivity contribution in [3.8, 4) is 0 Å². The third-order valence-electron chi connectivity index (χ3n) is 3.04. The van der Waals surface area contributed by atoms with Gasteiger partial charge in [0.2, 0.25) is 0 Å². The Morgan fingerprint density at radius 2 is 1.60 bits per heavy atom. The minimum atomic E-state index is -0.325. The van der Waals surface area contributed by atoms with Gasteiger partial charge in [-0.3, -0.25) is 0 Å². The zero-order chi connectivity index (χ0) is 14.7. The van der Waals surface area contributed by atoms with Crippen LogP contribution < -0.4 is 10.6 Å². The average Bonchev–Trinajstić information content (AvgIpc) is 2.36. The molecule has 0 saturated carbocycles. The molecule has 2 aromatic rings. The molecular formula is C16H17FN2S. The number of nitrogens with one attached hydrogen (secondary N) is 2. The fourth-order valence-corrected chi connectivity index (χ4v) is 2.42. The van der Waals surface area contributed by atoms with Gasteiger partial charge in [-0.05, 0) is 56.2 Å². The van der Waals surface area contributed by atoms with Crippen molar-refractivity contribution in [2.45, 2.75) is 20.8 Å². The molecule has 0 unspecified atom stereocenters. The van der Waals surface area contributed by atoms with Gasteiger partial charge >= 0.3 is 0 Å². The van der Waals surface area contributed by atoms with Crippen LogP contribution in [0.1, 0.15) is 16.7 Å². The first-order chi connectivity index (χ1) is 9.47. The summed E-state index contributed by atoms with van der Waals surface area (Å²) in [6.07, 6.45) is 0. The Bertz CT molecular complexity index is 630. The van der Waals surface area contributed by atoms with Gasteiger partial charge in [-0.2, -0.15) is 0 Å². The molecule has 0 radical (unpaired) electrons. The van der Waals surface area contributed by atoms with Crippen molar-refractivity contribution in [3.63, 3.8) is 0 Å². The number of hydrogen-bond acceptors (Lipinski definition) is 1. The van der Waals surface area contributed by atoms with Crippen molar-refractivity contribution in [2.24, 2.45) is 0 Å². The molecule has 0 amide bonds. The molecule has 0 bridgehead atoms. The van der Waals surface area contributed by atoms with E-state index in [1.165, 1.54) is 11.6 Å². The minimum Gasteiger partial charge on any atom is -0.332 e. The summed E-state index contributed by atoms with van der Waals surface area (Å²) in [6.45, 7) is 6.10. The van der Waals surface area contributed by atoms with Crippen LogP contribution in [0.3, 0.4) is 0 Å². The number of rotatable bonds is 2. The molecular weight excluding hydrogens is 271 g/mol. The highest BCUT2D eigenvalue weighted by atomic mass is 32.1. The van der Waals surface area contributed by atoms with E-state index in [9.17, 15) is 4.39 Å². The molecule has 0 heterocycles. The maximum absolute atomic E-state index is 13.6. The van der Waals surface area contributed by atoms with Crippen LogP contribution in [0.5, 0.6) is 0 Å². The Kier molecular flexibility index (Phi) is 4.35. The summed E-state index contributed by atoms with van der Waals surface area (Å²) in [5.41, 5.74) is 4.76. The molecule has 2 nitrogen and oxygen atoms in total. The lowest BCUT2D eigenvalue weighted by molar-refractivity contribution is 0.632. The van der Waals surface area contributed by atoms with E-state index in [-0.39, 0.29) is 5.82 Å². The second-order valence-corrected chi connectivity index (χ2v) is 5.24. The number of thiocarbonyl (C=S) groups is 1. The second-order valence-electron chi connectivity index (χ2n) is 4.83. The fraction of sp³-hybridized carbons (Fsp3) is 0.188. The largest absolute Gasteiger partial charge is 0.332 e. The SMILES string of the molecule is Cc1cc(C)c(NC(=S)Nc2ccccc2F)c(C)c1. The number of benzene rings is 2. The molecule has 0 atom stereocenters. The zero-order valence-electron chi connectivity index (χ0n) is 11.8. The lowest BCUT2D eigenvalue weighted by Crippen LogP contribution is -2.21. The van der Waals surface area contributed by atoms with E-state index in [1.807, 2.05) is 13.8 Å². The fourth-order valence-electron chi connectivity index (χ4n) is 2.21. The topological polar surface area (TPSA) is 24.1 Å². The average molecular weight is 288 g/mol. The molecule has 20 heavy (non-hydrogen) atoms. The van der Waals surface area contributed by atoms with Crippen LogP contribution >= 0.6 is 12.2 Å². The third kappa shape index (κ3) is 3.33. The van der Waals surface area contributed by atoms with Gasteiger partial charge in [0.1, 0.15) is 5.82 Å². The Labute approximate surface area is 124 Å². The molecule has 104 valence electrons. The van der Waals surface area contributed by atoms with Gasteiger partial charge in [0, 0.05) is 5.69 Å². The number of halogens is 1. The van der Waals surface area contributed by atoms with E-state index in [4.69, 9.17) is 12.2 Å². The Hall–Kier alpha value is -1.94. The predicted octanol–water partition coefficient (Wildman–Crippen LogP) is 4.56. The number of para-hydroxylation sites is 1. The number of anilines is 2. The van der Waals surface area contributed by atoms with E-state index in [2.05, 4.69) is 29.7 Å². The summed E-state index contributed by atoms with van der Waals surface area (Å²) in [5.74, 6) is -0.325. The van der Waals surface area contributed by atoms with Crippen LogP contribution in [0.2, 0.25) is 0 Å². The van der Waals surface area contributed by atoms with Crippen molar-refractivity contribution in [1.82, 2.24) is 0 Å². The molecule has 0 saturated heterocycles. The Balaban J connectivity index is 2.15. The molecule has 0 spiro atoms. The van der Waals surface area contributed by atoms with E-state index in [0.29, 0.717) is 10.8 Å². The van der Waals surface area contributed by atoms with Gasteiger partial charge in [0.15, 0.2) is 5.11 Å². The molecule has 2 rings (SSSR count). The first-order valence-electron chi connectivity index (χ1n) is 6.38. The van der Waals surface area contributed by atoms with Gasteiger partial charge < -0.3 is 10.6 Å². The van der Waals surface area contributed by atoms with Crippen molar-refractivity contribution >= 4 is 28.7 Å². The molecule has 0 fully saturated rings. The van der Waals surface area contributed by atoms with Gasteiger partial charge in [-0.15, -0.1) is 0 Å². The van der Waals surface area contributed by atoms with Crippen LogP contribution in [0.4, 0.5) is 15.8 Å². The maximum Gasteiger partial charge on any atom is 0.175 e. The zero-order valence-corrected chi connectivity index (χ0v) is 12.6. The minimum absolute atomic E-state index is 0.325. The Morgan fingerprint density at radius 1 is 1.00 bits per heavy atom. The lowest BCUT2D eigenvalue weighted by atomic mass is 10.1. The van der Waals surface area contributed by atoms with Gasteiger partial charge in [0.05, 0.1) is 5.69 Å². The monoisotopic (exact) mass is 288 g/mol. The lowest BCUT2D eigenvalue weighted by Gasteiger charge is -2.16. The summed E-state index contributed by atoms with van der Waals surface area (Å²) < 4.78 is 13.6. The van der Waals surface area contributed by atoms with Crippen molar-refractivity contribution < 1.29 is 4.39 Å². The molecule has 0 aliphatic carbocycles. The van der Waals surface area contributed by atoms with E-state index in [0.717, 1.165) is 16.8 Å². The summed E-state index contributed by atoms with van der Waals surface area (Å²) in [4.78, 5) is 0. The highest BCUT2D eigenvalue weighted by Gasteiger charge is 2.07. The summed E-state index contributed by atoms with van der Waals surface area (Å²) >= 11 is 5.24. The maximum atomic E-state index is 13.6. The first-order valence-corrected chi connectivity index (χ1v) is 6.78. The highest BCUT2D eigenvalue weighted by molar-refractivity contribution is 7.80. The normalized spacial score (nSPS) is 10.2. The number of aryl methyl sites for hydroxylation is 3. The molecule has 2 aromatic carbocycles. The quantitative estimate of drug-likeness (QED) is 0.792. The Morgan fingerprint density at radius 3 is 2.20 bits per heavy atom. The van der Waals surface area contributed by atoms with E-state index < -0.39 is 0 Å². The first kappa shape index (κ1) is 14.5. The predicted molar refractivity (Wildman–Crippen MR) is 86.9 cm³/mol. The summed E-state index contributed by atoms with van der Waals surface area (Å²) in [5, 5.41) is 6.39. The molecule has 0 aliphatic rings. The van der Waals surface area contributed by atoms with Crippen molar-refractivity contribution in [2.75, 3.05) is 10.6 Å². The van der Waals surface area contributed by atoms with Crippen molar-refractivity contribution in [1.29, 1.82) is 0 Å². The standard InChI is InChI=1S/C16H17FN2S/c1-10-8-11(2)15(12(3)9-10)19-16(20)18-14-7-5-4-6-13(14)17/h4-9H,1-3H3,(H2,18,19,20). The van der Waals surface area contributed by atoms with Crippen LogP contribution in [-0.4, -0.2) is 5.11 Å². The van der Waals surface area contributed by atoms with E-state index >= 15 is 0 Å². The van der Waals surface area contributed by atoms with Crippen LogP contribution in [-0.2, 0) is 0 Å². The van der Waals surface area contributed by atoms with Gasteiger partial charge in [-0.1, -0.05) is 29.8 Å². The van der Waals surface area contributed by atoms with Gasteiger partial charge in [0.25, 0.3) is 0 Å². The van der Waals surface area contributed by atoms with Gasteiger partial charge in [-0.25, -0.2) is 4.39 Å². The number of hydrogen-bond donors (Lipinski definition) is 2. The molecule has 2 N–H and O–H groups in total. The van der Waals surface area contributed by atoms with Crippen molar-refractivity contribution in [3.05, 3.63) is 58.9 Å².